The van der Waals surface area contributed by atoms with Crippen LogP contribution in [-0.2, 0) is 0 Å². The Morgan fingerprint density at radius 2 is 2.11 bits per heavy atom. The van der Waals surface area contributed by atoms with Crippen LogP contribution in [0.3, 0.4) is 0 Å². The maximum atomic E-state index is 6.17. The standard InChI is InChI=1S/C15H22ClNO/c1-3-11(2)14-10-12(16)4-5-15(14)18-13-6-8-17-9-7-13/h4-5,10-11,13,17H,3,6-9H2,1-2H3/t11-/m0/s1. The van der Waals surface area contributed by atoms with Crippen LogP contribution in [-0.4, -0.2) is 19.2 Å². The van der Waals surface area contributed by atoms with Crippen LogP contribution >= 0.6 is 11.6 Å². The van der Waals surface area contributed by atoms with E-state index in [0.29, 0.717) is 12.0 Å². The molecular formula is C15H22ClNO. The van der Waals surface area contributed by atoms with Gasteiger partial charge in [-0.05, 0) is 62.0 Å². The van der Waals surface area contributed by atoms with Gasteiger partial charge >= 0.3 is 0 Å². The Hall–Kier alpha value is -0.730. The molecule has 0 spiro atoms. The number of benzene rings is 1. The highest BCUT2D eigenvalue weighted by Gasteiger charge is 2.18. The number of hydrogen-bond donors (Lipinski definition) is 1. The molecule has 1 N–H and O–H groups in total. The van der Waals surface area contributed by atoms with Crippen molar-refractivity contribution >= 4 is 11.6 Å². The summed E-state index contributed by atoms with van der Waals surface area (Å²) in [5, 5.41) is 4.15. The van der Waals surface area contributed by atoms with Gasteiger partial charge in [0.05, 0.1) is 0 Å². The Kier molecular flexibility index (Phi) is 4.90. The number of piperidine rings is 1. The molecule has 3 heteroatoms. The number of rotatable bonds is 4. The summed E-state index contributed by atoms with van der Waals surface area (Å²) >= 11 is 6.10. The van der Waals surface area contributed by atoms with E-state index in [0.717, 1.165) is 43.1 Å². The second-order valence-corrected chi connectivity index (χ2v) is 5.50. The zero-order chi connectivity index (χ0) is 13.0. The van der Waals surface area contributed by atoms with Gasteiger partial charge in [0.1, 0.15) is 11.9 Å². The maximum Gasteiger partial charge on any atom is 0.123 e. The first-order valence-corrected chi connectivity index (χ1v) is 7.25. The zero-order valence-corrected chi connectivity index (χ0v) is 12.0. The zero-order valence-electron chi connectivity index (χ0n) is 11.2. The highest BCUT2D eigenvalue weighted by molar-refractivity contribution is 6.30. The van der Waals surface area contributed by atoms with Gasteiger partial charge in [0.2, 0.25) is 0 Å². The third-order valence-corrected chi connectivity index (χ3v) is 3.93. The van der Waals surface area contributed by atoms with Crippen LogP contribution in [0.2, 0.25) is 5.02 Å². The summed E-state index contributed by atoms with van der Waals surface area (Å²) in [4.78, 5) is 0. The molecule has 0 radical (unpaired) electrons. The minimum absolute atomic E-state index is 0.343. The van der Waals surface area contributed by atoms with E-state index < -0.39 is 0 Å². The van der Waals surface area contributed by atoms with Crippen LogP contribution < -0.4 is 10.1 Å². The lowest BCUT2D eigenvalue weighted by Crippen LogP contribution is -2.34. The molecule has 1 aliphatic rings. The SMILES string of the molecule is CC[C@H](C)c1cc(Cl)ccc1OC1CCNCC1. The largest absolute Gasteiger partial charge is 0.490 e. The Labute approximate surface area is 115 Å². The molecule has 0 aliphatic carbocycles. The summed E-state index contributed by atoms with van der Waals surface area (Å²) in [6.07, 6.45) is 3.61. The number of halogens is 1. The summed E-state index contributed by atoms with van der Waals surface area (Å²) < 4.78 is 6.17. The molecule has 0 unspecified atom stereocenters. The van der Waals surface area contributed by atoms with Crippen LogP contribution in [0.5, 0.6) is 5.75 Å². The normalized spacial score (nSPS) is 18.6. The van der Waals surface area contributed by atoms with Crippen molar-refractivity contribution in [1.82, 2.24) is 5.32 Å². The first-order valence-electron chi connectivity index (χ1n) is 6.87. The molecule has 1 saturated heterocycles. The van der Waals surface area contributed by atoms with Crippen LogP contribution in [0.1, 0.15) is 44.6 Å². The molecule has 0 aromatic heterocycles. The lowest BCUT2D eigenvalue weighted by Gasteiger charge is -2.26. The quantitative estimate of drug-likeness (QED) is 0.891. The molecule has 1 heterocycles. The van der Waals surface area contributed by atoms with Crippen LogP contribution in [0, 0.1) is 0 Å². The van der Waals surface area contributed by atoms with Gasteiger partial charge in [-0.15, -0.1) is 0 Å². The molecule has 1 fully saturated rings. The molecule has 1 aliphatic heterocycles. The predicted octanol–water partition coefficient (Wildman–Crippen LogP) is 3.98. The Balaban J connectivity index is 2.15. The van der Waals surface area contributed by atoms with Gasteiger partial charge in [-0.1, -0.05) is 25.4 Å². The molecule has 0 amide bonds. The molecule has 2 nitrogen and oxygen atoms in total. The van der Waals surface area contributed by atoms with E-state index in [2.05, 4.69) is 19.2 Å². The van der Waals surface area contributed by atoms with Gasteiger partial charge in [-0.2, -0.15) is 0 Å². The van der Waals surface area contributed by atoms with Gasteiger partial charge in [0.25, 0.3) is 0 Å². The van der Waals surface area contributed by atoms with E-state index in [-0.39, 0.29) is 0 Å². The highest BCUT2D eigenvalue weighted by atomic mass is 35.5. The molecule has 1 atom stereocenters. The van der Waals surface area contributed by atoms with Crippen molar-refractivity contribution in [3.05, 3.63) is 28.8 Å². The fourth-order valence-electron chi connectivity index (χ4n) is 2.32. The van der Waals surface area contributed by atoms with Crippen molar-refractivity contribution in [2.24, 2.45) is 0 Å². The Bertz CT molecular complexity index is 388. The molecule has 100 valence electrons. The van der Waals surface area contributed by atoms with Gasteiger partial charge in [-0.25, -0.2) is 0 Å². The van der Waals surface area contributed by atoms with Crippen molar-refractivity contribution in [1.29, 1.82) is 0 Å². The second kappa shape index (κ2) is 6.44. The molecule has 18 heavy (non-hydrogen) atoms. The molecule has 0 bridgehead atoms. The fraction of sp³-hybridized carbons (Fsp3) is 0.600. The van der Waals surface area contributed by atoms with Crippen molar-refractivity contribution in [2.45, 2.75) is 45.1 Å². The summed E-state index contributed by atoms with van der Waals surface area (Å²) in [6, 6.07) is 5.99. The van der Waals surface area contributed by atoms with Gasteiger partial charge < -0.3 is 10.1 Å². The van der Waals surface area contributed by atoms with Crippen molar-refractivity contribution in [3.63, 3.8) is 0 Å². The third-order valence-electron chi connectivity index (χ3n) is 3.69. The lowest BCUT2D eigenvalue weighted by atomic mass is 9.97. The predicted molar refractivity (Wildman–Crippen MR) is 76.7 cm³/mol. The Morgan fingerprint density at radius 3 is 2.78 bits per heavy atom. The highest BCUT2D eigenvalue weighted by Crippen LogP contribution is 2.32. The van der Waals surface area contributed by atoms with E-state index in [4.69, 9.17) is 16.3 Å². The van der Waals surface area contributed by atoms with E-state index >= 15 is 0 Å². The number of nitrogens with one attached hydrogen (secondary N) is 1. The van der Waals surface area contributed by atoms with E-state index in [1.165, 1.54) is 5.56 Å². The molecule has 1 aromatic carbocycles. The first-order chi connectivity index (χ1) is 8.70. The average Bonchev–Trinajstić information content (AvgIpc) is 2.41. The fourth-order valence-corrected chi connectivity index (χ4v) is 2.51. The van der Waals surface area contributed by atoms with Gasteiger partial charge in [0.15, 0.2) is 0 Å². The number of hydrogen-bond acceptors (Lipinski definition) is 2. The monoisotopic (exact) mass is 267 g/mol. The maximum absolute atomic E-state index is 6.17. The molecule has 1 aromatic rings. The summed E-state index contributed by atoms with van der Waals surface area (Å²) in [5.74, 6) is 1.50. The third kappa shape index (κ3) is 3.39. The topological polar surface area (TPSA) is 21.3 Å². The van der Waals surface area contributed by atoms with E-state index in [9.17, 15) is 0 Å². The average molecular weight is 268 g/mol. The Morgan fingerprint density at radius 1 is 1.39 bits per heavy atom. The number of ether oxygens (including phenoxy) is 1. The van der Waals surface area contributed by atoms with Crippen molar-refractivity contribution in [3.8, 4) is 5.75 Å². The summed E-state index contributed by atoms with van der Waals surface area (Å²) in [7, 11) is 0. The summed E-state index contributed by atoms with van der Waals surface area (Å²) in [5.41, 5.74) is 1.24. The second-order valence-electron chi connectivity index (χ2n) is 5.06. The first kappa shape index (κ1) is 13.7. The van der Waals surface area contributed by atoms with E-state index in [1.807, 2.05) is 18.2 Å². The van der Waals surface area contributed by atoms with Gasteiger partial charge in [0, 0.05) is 5.02 Å². The van der Waals surface area contributed by atoms with Crippen molar-refractivity contribution in [2.75, 3.05) is 13.1 Å². The minimum Gasteiger partial charge on any atom is -0.490 e. The smallest absolute Gasteiger partial charge is 0.123 e. The van der Waals surface area contributed by atoms with Crippen LogP contribution in [0.25, 0.3) is 0 Å². The molecule has 2 rings (SSSR count). The van der Waals surface area contributed by atoms with Gasteiger partial charge in [-0.3, -0.25) is 0 Å². The lowest BCUT2D eigenvalue weighted by molar-refractivity contribution is 0.160. The molecule has 0 saturated carbocycles. The van der Waals surface area contributed by atoms with Crippen LogP contribution in [0.15, 0.2) is 18.2 Å². The van der Waals surface area contributed by atoms with E-state index in [1.54, 1.807) is 0 Å². The molecular weight excluding hydrogens is 246 g/mol. The minimum atomic E-state index is 0.343. The van der Waals surface area contributed by atoms with Crippen molar-refractivity contribution < 1.29 is 4.74 Å². The summed E-state index contributed by atoms with van der Waals surface area (Å²) in [6.45, 7) is 6.52. The van der Waals surface area contributed by atoms with Crippen LogP contribution in [0.4, 0.5) is 0 Å².